The number of aliphatic imine (C=N–C) groups is 1. The normalized spacial score (nSPS) is 19.7. The molecule has 0 heterocycles. The summed E-state index contributed by atoms with van der Waals surface area (Å²) in [6.07, 6.45) is 3.93. The highest BCUT2D eigenvalue weighted by Gasteiger charge is 2.47. The van der Waals surface area contributed by atoms with Crippen LogP contribution in [-0.4, -0.2) is 25.6 Å². The molecular formula is C15H20F2IN3. The molecule has 0 unspecified atom stereocenters. The van der Waals surface area contributed by atoms with Crippen LogP contribution in [0.15, 0.2) is 23.2 Å². The van der Waals surface area contributed by atoms with E-state index >= 15 is 0 Å². The van der Waals surface area contributed by atoms with Crippen molar-refractivity contribution in [3.05, 3.63) is 35.4 Å². The lowest BCUT2D eigenvalue weighted by Crippen LogP contribution is -2.42. The van der Waals surface area contributed by atoms with Gasteiger partial charge in [-0.25, -0.2) is 8.78 Å². The first-order valence-electron chi connectivity index (χ1n) is 7.06. The number of guanidine groups is 1. The average molecular weight is 407 g/mol. The zero-order valence-electron chi connectivity index (χ0n) is 12.0. The van der Waals surface area contributed by atoms with Crippen LogP contribution in [0.2, 0.25) is 0 Å². The maximum absolute atomic E-state index is 13.9. The number of hydrogen-bond donors (Lipinski definition) is 2. The minimum absolute atomic E-state index is 0. The Morgan fingerprint density at radius 3 is 2.38 bits per heavy atom. The fraction of sp³-hybridized carbons (Fsp3) is 0.533. The summed E-state index contributed by atoms with van der Waals surface area (Å²) >= 11 is 0. The molecule has 116 valence electrons. The topological polar surface area (TPSA) is 36.4 Å². The van der Waals surface area contributed by atoms with E-state index in [1.807, 2.05) is 0 Å². The van der Waals surface area contributed by atoms with Crippen molar-refractivity contribution in [1.29, 1.82) is 0 Å². The molecule has 0 amide bonds. The number of benzene rings is 1. The van der Waals surface area contributed by atoms with Gasteiger partial charge in [0.2, 0.25) is 0 Å². The Morgan fingerprint density at radius 1 is 1.29 bits per heavy atom. The second-order valence-corrected chi connectivity index (χ2v) is 5.72. The van der Waals surface area contributed by atoms with Crippen LogP contribution in [0.3, 0.4) is 0 Å². The lowest BCUT2D eigenvalue weighted by molar-refractivity contribution is 0.507. The van der Waals surface area contributed by atoms with E-state index in [1.165, 1.54) is 18.2 Å². The molecule has 3 nitrogen and oxygen atoms in total. The lowest BCUT2D eigenvalue weighted by Gasteiger charge is -2.20. The van der Waals surface area contributed by atoms with Crippen molar-refractivity contribution in [1.82, 2.24) is 10.6 Å². The molecule has 1 aromatic carbocycles. The largest absolute Gasteiger partial charge is 0.356 e. The molecule has 1 aromatic rings. The molecule has 0 aromatic heterocycles. The molecule has 0 radical (unpaired) electrons. The molecule has 6 heteroatoms. The van der Waals surface area contributed by atoms with Gasteiger partial charge in [0.25, 0.3) is 0 Å². The van der Waals surface area contributed by atoms with Crippen molar-refractivity contribution in [3.63, 3.8) is 0 Å². The molecule has 0 aliphatic heterocycles. The van der Waals surface area contributed by atoms with Crippen molar-refractivity contribution in [2.75, 3.05) is 13.6 Å². The van der Waals surface area contributed by atoms with Gasteiger partial charge in [0.15, 0.2) is 5.96 Å². The Bertz CT molecular complexity index is 519. The van der Waals surface area contributed by atoms with Crippen LogP contribution in [0.4, 0.5) is 8.78 Å². The zero-order valence-corrected chi connectivity index (χ0v) is 14.3. The van der Waals surface area contributed by atoms with Crippen LogP contribution in [0.25, 0.3) is 0 Å². The number of halogens is 3. The predicted molar refractivity (Wildman–Crippen MR) is 90.2 cm³/mol. The molecule has 2 saturated carbocycles. The van der Waals surface area contributed by atoms with Crippen molar-refractivity contribution in [2.45, 2.75) is 37.1 Å². The van der Waals surface area contributed by atoms with Crippen molar-refractivity contribution < 1.29 is 8.78 Å². The Hall–Kier alpha value is -0.920. The molecule has 0 saturated heterocycles. The second-order valence-electron chi connectivity index (χ2n) is 5.72. The van der Waals surface area contributed by atoms with E-state index in [0.29, 0.717) is 12.6 Å². The van der Waals surface area contributed by atoms with Gasteiger partial charge in [0.05, 0.1) is 0 Å². The summed E-state index contributed by atoms with van der Waals surface area (Å²) in [4.78, 5) is 4.14. The van der Waals surface area contributed by atoms with E-state index in [2.05, 4.69) is 15.6 Å². The van der Waals surface area contributed by atoms with Gasteiger partial charge in [-0.2, -0.15) is 0 Å². The summed E-state index contributed by atoms with van der Waals surface area (Å²) in [6.45, 7) is 0.511. The van der Waals surface area contributed by atoms with Gasteiger partial charge < -0.3 is 10.6 Å². The smallest absolute Gasteiger partial charge is 0.191 e. The molecule has 2 N–H and O–H groups in total. The first-order chi connectivity index (χ1) is 9.64. The molecule has 3 rings (SSSR count). The fourth-order valence-corrected chi connectivity index (χ4v) is 2.54. The van der Waals surface area contributed by atoms with Crippen LogP contribution in [-0.2, 0) is 5.41 Å². The molecule has 2 aliphatic carbocycles. The van der Waals surface area contributed by atoms with E-state index in [4.69, 9.17) is 0 Å². The third-order valence-corrected chi connectivity index (χ3v) is 4.08. The van der Waals surface area contributed by atoms with E-state index in [0.717, 1.165) is 31.6 Å². The van der Waals surface area contributed by atoms with Crippen LogP contribution in [0, 0.1) is 11.6 Å². The van der Waals surface area contributed by atoms with E-state index in [1.54, 1.807) is 7.05 Å². The Labute approximate surface area is 140 Å². The summed E-state index contributed by atoms with van der Waals surface area (Å²) in [7, 11) is 1.71. The molecule has 21 heavy (non-hydrogen) atoms. The summed E-state index contributed by atoms with van der Waals surface area (Å²) in [6, 6.07) is 4.57. The van der Waals surface area contributed by atoms with Gasteiger partial charge in [0.1, 0.15) is 11.6 Å². The minimum Gasteiger partial charge on any atom is -0.356 e. The molecule has 0 bridgehead atoms. The molecule has 0 spiro atoms. The minimum atomic E-state index is -0.450. The summed E-state index contributed by atoms with van der Waals surface area (Å²) in [5.74, 6) is -0.181. The first-order valence-corrected chi connectivity index (χ1v) is 7.06. The molecule has 0 atom stereocenters. The van der Waals surface area contributed by atoms with Crippen molar-refractivity contribution >= 4 is 29.9 Å². The number of rotatable bonds is 4. The number of nitrogens with zero attached hydrogens (tertiary/aromatic N) is 1. The highest BCUT2D eigenvalue weighted by molar-refractivity contribution is 14.0. The van der Waals surface area contributed by atoms with Crippen LogP contribution >= 0.6 is 24.0 Å². The Kier molecular flexibility index (Phi) is 5.06. The Morgan fingerprint density at radius 2 is 1.90 bits per heavy atom. The van der Waals surface area contributed by atoms with E-state index in [9.17, 15) is 8.78 Å². The summed E-state index contributed by atoms with van der Waals surface area (Å²) in [5, 5.41) is 6.48. The SMILES string of the molecule is CN=C(NCC1(c2c(F)cccc2F)CC1)NC1CC1.I. The zero-order chi connectivity index (χ0) is 14.2. The van der Waals surface area contributed by atoms with Crippen LogP contribution < -0.4 is 10.6 Å². The molecule has 2 aliphatic rings. The van der Waals surface area contributed by atoms with Gasteiger partial charge in [-0.1, -0.05) is 6.07 Å². The summed E-state index contributed by atoms with van der Waals surface area (Å²) in [5.41, 5.74) is -0.203. The highest BCUT2D eigenvalue weighted by atomic mass is 127. The van der Waals surface area contributed by atoms with Crippen molar-refractivity contribution in [2.24, 2.45) is 4.99 Å². The Balaban J connectivity index is 0.00000161. The molecular weight excluding hydrogens is 387 g/mol. The van der Waals surface area contributed by atoms with Gasteiger partial charge in [0, 0.05) is 30.6 Å². The lowest BCUT2D eigenvalue weighted by atomic mass is 9.94. The third-order valence-electron chi connectivity index (χ3n) is 4.08. The highest BCUT2D eigenvalue weighted by Crippen LogP contribution is 2.49. The van der Waals surface area contributed by atoms with Gasteiger partial charge >= 0.3 is 0 Å². The number of hydrogen-bond acceptors (Lipinski definition) is 1. The standard InChI is InChI=1S/C15H19F2N3.HI/c1-18-14(20-10-5-6-10)19-9-15(7-8-15)13-11(16)3-2-4-12(13)17;/h2-4,10H,5-9H2,1H3,(H2,18,19,20);1H. The quantitative estimate of drug-likeness (QED) is 0.458. The average Bonchev–Trinajstić information content (AvgIpc) is 3.31. The van der Waals surface area contributed by atoms with Gasteiger partial charge in [-0.05, 0) is 37.8 Å². The monoisotopic (exact) mass is 407 g/mol. The van der Waals surface area contributed by atoms with Gasteiger partial charge in [-0.3, -0.25) is 4.99 Å². The maximum Gasteiger partial charge on any atom is 0.191 e. The maximum atomic E-state index is 13.9. The fourth-order valence-electron chi connectivity index (χ4n) is 2.54. The first kappa shape index (κ1) is 16.5. The second kappa shape index (κ2) is 6.46. The van der Waals surface area contributed by atoms with E-state index < -0.39 is 17.0 Å². The third kappa shape index (κ3) is 3.64. The van der Waals surface area contributed by atoms with Crippen LogP contribution in [0.5, 0.6) is 0 Å². The number of nitrogens with one attached hydrogen (secondary N) is 2. The van der Waals surface area contributed by atoms with Gasteiger partial charge in [-0.15, -0.1) is 24.0 Å². The predicted octanol–water partition coefficient (Wildman–Crippen LogP) is 2.94. The molecule has 2 fully saturated rings. The van der Waals surface area contributed by atoms with E-state index in [-0.39, 0.29) is 29.5 Å². The summed E-state index contributed by atoms with van der Waals surface area (Å²) < 4.78 is 27.8. The van der Waals surface area contributed by atoms with Crippen molar-refractivity contribution in [3.8, 4) is 0 Å². The van der Waals surface area contributed by atoms with Crippen LogP contribution in [0.1, 0.15) is 31.2 Å².